The Morgan fingerprint density at radius 2 is 1.94 bits per heavy atom. The molecule has 34 heavy (non-hydrogen) atoms. The number of carbonyl (C=O) groups is 1. The van der Waals surface area contributed by atoms with Crippen LogP contribution < -0.4 is 10.5 Å². The lowest BCUT2D eigenvalue weighted by molar-refractivity contribution is -0.137. The van der Waals surface area contributed by atoms with E-state index in [9.17, 15) is 18.0 Å². The number of hydrogen-bond donors (Lipinski definition) is 1. The zero-order valence-corrected chi connectivity index (χ0v) is 17.9. The number of amides is 1. The molecule has 4 aromatic rings. The van der Waals surface area contributed by atoms with Gasteiger partial charge in [0.05, 0.1) is 40.5 Å². The Balaban J connectivity index is 1.39. The molecule has 6 rings (SSSR count). The number of rotatable bonds is 4. The number of nitrogen functional groups attached to an aromatic ring is 1. The van der Waals surface area contributed by atoms with Crippen LogP contribution in [0.3, 0.4) is 0 Å². The maximum atomic E-state index is 13.7. The number of nitrogens with zero attached hydrogens (tertiary/aromatic N) is 4. The molecule has 1 aliphatic carbocycles. The topological polar surface area (TPSA) is 85.8 Å². The summed E-state index contributed by atoms with van der Waals surface area (Å²) in [5.74, 6) is 0.621. The highest BCUT2D eigenvalue weighted by Crippen LogP contribution is 2.42. The molecule has 2 aliphatic rings. The van der Waals surface area contributed by atoms with E-state index in [1.807, 2.05) is 0 Å². The number of alkyl halides is 3. The highest BCUT2D eigenvalue weighted by molar-refractivity contribution is 5.98. The van der Waals surface area contributed by atoms with Gasteiger partial charge in [-0.25, -0.2) is 4.98 Å². The van der Waals surface area contributed by atoms with Crippen LogP contribution in [0.25, 0.3) is 16.6 Å². The minimum absolute atomic E-state index is 0.114. The molecule has 0 radical (unpaired) electrons. The molecule has 174 valence electrons. The van der Waals surface area contributed by atoms with E-state index in [0.29, 0.717) is 46.1 Å². The van der Waals surface area contributed by atoms with Gasteiger partial charge in [0.25, 0.3) is 5.91 Å². The normalized spacial score (nSPS) is 17.7. The largest absolute Gasteiger partial charge is 0.491 e. The molecule has 2 N–H and O–H groups in total. The van der Waals surface area contributed by atoms with Crippen LogP contribution in [0.15, 0.2) is 48.8 Å². The number of nitrogens with two attached hydrogens (primary N) is 1. The molecule has 0 saturated heterocycles. The molecule has 1 saturated carbocycles. The van der Waals surface area contributed by atoms with Crippen molar-refractivity contribution < 1.29 is 22.7 Å². The van der Waals surface area contributed by atoms with Gasteiger partial charge in [0.15, 0.2) is 0 Å². The van der Waals surface area contributed by atoms with Gasteiger partial charge in [-0.15, -0.1) is 0 Å². The lowest BCUT2D eigenvalue weighted by Gasteiger charge is -2.29. The SMILES string of the molecule is Nc1ncc2cnc3ccc(C(=O)N(CC4CC4)[C@@H]4COc5cc(C(F)(F)F)ccc54)cc3n12. The molecule has 0 bridgehead atoms. The van der Waals surface area contributed by atoms with Crippen LogP contribution in [0, 0.1) is 5.92 Å². The number of halogens is 3. The summed E-state index contributed by atoms with van der Waals surface area (Å²) < 4.78 is 46.8. The number of carbonyl (C=O) groups excluding carboxylic acids is 1. The van der Waals surface area contributed by atoms with Crippen molar-refractivity contribution in [2.45, 2.75) is 25.1 Å². The molecule has 2 aromatic carbocycles. The van der Waals surface area contributed by atoms with Gasteiger partial charge >= 0.3 is 6.18 Å². The average molecular weight is 467 g/mol. The minimum atomic E-state index is -4.46. The first kappa shape index (κ1) is 20.8. The summed E-state index contributed by atoms with van der Waals surface area (Å²) in [6, 6.07) is 8.21. The Bertz CT molecular complexity index is 1440. The average Bonchev–Trinajstić information content (AvgIpc) is 3.42. The number of benzene rings is 2. The molecule has 1 atom stereocenters. The van der Waals surface area contributed by atoms with Crippen LogP contribution in [0.2, 0.25) is 0 Å². The van der Waals surface area contributed by atoms with Crippen molar-refractivity contribution >= 4 is 28.4 Å². The minimum Gasteiger partial charge on any atom is -0.491 e. The fourth-order valence-corrected chi connectivity index (χ4v) is 4.54. The first-order valence-corrected chi connectivity index (χ1v) is 11.0. The lowest BCUT2D eigenvalue weighted by Crippen LogP contribution is -2.37. The molecule has 10 heteroatoms. The van der Waals surface area contributed by atoms with Crippen molar-refractivity contribution in [1.29, 1.82) is 0 Å². The van der Waals surface area contributed by atoms with E-state index in [4.69, 9.17) is 10.5 Å². The molecule has 1 fully saturated rings. The van der Waals surface area contributed by atoms with Gasteiger partial charge in [-0.05, 0) is 49.1 Å². The molecular formula is C24H20F3N5O2. The molecule has 3 heterocycles. The quantitative estimate of drug-likeness (QED) is 0.479. The van der Waals surface area contributed by atoms with Crippen LogP contribution >= 0.6 is 0 Å². The Kier molecular flexibility index (Phi) is 4.48. The fraction of sp³-hybridized carbons (Fsp3) is 0.292. The van der Waals surface area contributed by atoms with Crippen molar-refractivity contribution in [1.82, 2.24) is 19.3 Å². The number of aromatic nitrogens is 3. The molecule has 7 nitrogen and oxygen atoms in total. The number of fused-ring (bicyclic) bond motifs is 4. The smallest absolute Gasteiger partial charge is 0.416 e. The van der Waals surface area contributed by atoms with Crippen molar-refractivity contribution in [2.75, 3.05) is 18.9 Å². The second kappa shape index (κ2) is 7.34. The molecular weight excluding hydrogens is 447 g/mol. The van der Waals surface area contributed by atoms with E-state index < -0.39 is 17.8 Å². The predicted octanol–water partition coefficient (Wildman–Crippen LogP) is 4.47. The van der Waals surface area contributed by atoms with Crippen molar-refractivity contribution in [2.24, 2.45) is 5.92 Å². The molecule has 1 amide bonds. The maximum Gasteiger partial charge on any atom is 0.416 e. The fourth-order valence-electron chi connectivity index (χ4n) is 4.54. The van der Waals surface area contributed by atoms with Crippen LogP contribution in [-0.2, 0) is 6.18 Å². The molecule has 0 unspecified atom stereocenters. The van der Waals surface area contributed by atoms with Gasteiger partial charge in [-0.2, -0.15) is 13.2 Å². The Labute approximate surface area is 192 Å². The Morgan fingerprint density at radius 3 is 2.71 bits per heavy atom. The van der Waals surface area contributed by atoms with Gasteiger partial charge < -0.3 is 15.4 Å². The number of anilines is 1. The second-order valence-corrected chi connectivity index (χ2v) is 8.82. The van der Waals surface area contributed by atoms with Gasteiger partial charge in [-0.1, -0.05) is 6.07 Å². The number of hydrogen-bond acceptors (Lipinski definition) is 5. The lowest BCUT2D eigenvalue weighted by atomic mass is 10.0. The predicted molar refractivity (Wildman–Crippen MR) is 118 cm³/mol. The van der Waals surface area contributed by atoms with E-state index in [1.54, 1.807) is 39.9 Å². The van der Waals surface area contributed by atoms with E-state index in [0.717, 1.165) is 25.0 Å². The van der Waals surface area contributed by atoms with Gasteiger partial charge in [0.1, 0.15) is 12.4 Å². The molecule has 0 spiro atoms. The summed E-state index contributed by atoms with van der Waals surface area (Å²) in [6.07, 6.45) is 0.849. The first-order chi connectivity index (χ1) is 16.3. The van der Waals surface area contributed by atoms with Crippen LogP contribution in [0.1, 0.15) is 40.4 Å². The van der Waals surface area contributed by atoms with E-state index >= 15 is 0 Å². The zero-order valence-electron chi connectivity index (χ0n) is 17.9. The summed E-state index contributed by atoms with van der Waals surface area (Å²) in [4.78, 5) is 24.0. The molecule has 1 aliphatic heterocycles. The standard InChI is InChI=1S/C24H20F3N5O2/c25-24(26,27)15-4-5-17-20(12-34-21(17)8-15)31(11-13-1-2-13)22(33)14-3-6-18-19(7-14)32-16(9-29-18)10-30-23(32)28/h3-10,13,20H,1-2,11-12H2,(H2,28,30)/t20-/m1/s1. The number of ether oxygens (including phenoxy) is 1. The summed E-state index contributed by atoms with van der Waals surface area (Å²) in [5.41, 5.74) is 8.32. The van der Waals surface area contributed by atoms with Gasteiger partial charge in [0, 0.05) is 17.7 Å². The summed E-state index contributed by atoms with van der Waals surface area (Å²) >= 11 is 0. The third kappa shape index (κ3) is 3.41. The van der Waals surface area contributed by atoms with Crippen LogP contribution in [0.5, 0.6) is 5.75 Å². The van der Waals surface area contributed by atoms with E-state index in [-0.39, 0.29) is 18.3 Å². The van der Waals surface area contributed by atoms with Crippen LogP contribution in [0.4, 0.5) is 19.1 Å². The summed E-state index contributed by atoms with van der Waals surface area (Å²) in [6.45, 7) is 0.629. The summed E-state index contributed by atoms with van der Waals surface area (Å²) in [7, 11) is 0. The van der Waals surface area contributed by atoms with E-state index in [2.05, 4.69) is 9.97 Å². The maximum absolute atomic E-state index is 13.7. The van der Waals surface area contributed by atoms with Crippen molar-refractivity contribution in [3.8, 4) is 5.75 Å². The highest BCUT2D eigenvalue weighted by Gasteiger charge is 2.39. The van der Waals surface area contributed by atoms with Crippen molar-refractivity contribution in [3.63, 3.8) is 0 Å². The first-order valence-electron chi connectivity index (χ1n) is 11.0. The van der Waals surface area contributed by atoms with Gasteiger partial charge in [-0.3, -0.25) is 14.2 Å². The monoisotopic (exact) mass is 467 g/mol. The second-order valence-electron chi connectivity index (χ2n) is 8.82. The van der Waals surface area contributed by atoms with Gasteiger partial charge in [0.2, 0.25) is 5.95 Å². The van der Waals surface area contributed by atoms with Crippen molar-refractivity contribution in [3.05, 3.63) is 65.5 Å². The summed E-state index contributed by atoms with van der Waals surface area (Å²) in [5, 5.41) is 0. The van der Waals surface area contributed by atoms with E-state index in [1.165, 1.54) is 6.07 Å². The molecule has 2 aromatic heterocycles. The Morgan fingerprint density at radius 1 is 1.15 bits per heavy atom. The number of imidazole rings is 1. The van der Waals surface area contributed by atoms with Crippen LogP contribution in [-0.4, -0.2) is 38.3 Å². The highest BCUT2D eigenvalue weighted by atomic mass is 19.4. The Hall–Kier alpha value is -3.82. The third-order valence-corrected chi connectivity index (χ3v) is 6.50. The zero-order chi connectivity index (χ0) is 23.6. The third-order valence-electron chi connectivity index (χ3n) is 6.50.